The molecule has 0 saturated heterocycles. The second kappa shape index (κ2) is 7.25. The van der Waals surface area contributed by atoms with E-state index in [1.165, 1.54) is 6.07 Å². The molecule has 2 aromatic rings. The van der Waals surface area contributed by atoms with Crippen LogP contribution in [0.2, 0.25) is 0 Å². The summed E-state index contributed by atoms with van der Waals surface area (Å²) in [6, 6.07) is 11.4. The summed E-state index contributed by atoms with van der Waals surface area (Å²) in [5, 5.41) is 13.2. The fourth-order valence-electron chi connectivity index (χ4n) is 1.72. The van der Waals surface area contributed by atoms with Crippen molar-refractivity contribution in [1.29, 1.82) is 5.26 Å². The zero-order valence-corrected chi connectivity index (χ0v) is 13.2. The van der Waals surface area contributed by atoms with Gasteiger partial charge in [0, 0.05) is 15.1 Å². The highest BCUT2D eigenvalue weighted by molar-refractivity contribution is 9.10. The number of hydrogen-bond donors (Lipinski definition) is 1. The molecule has 0 radical (unpaired) electrons. The van der Waals surface area contributed by atoms with Gasteiger partial charge in [-0.3, -0.25) is 4.79 Å². The van der Waals surface area contributed by atoms with E-state index in [9.17, 15) is 9.18 Å². The molecule has 106 valence electrons. The van der Waals surface area contributed by atoms with Gasteiger partial charge in [0.2, 0.25) is 5.91 Å². The minimum Gasteiger partial charge on any atom is -0.326 e. The Morgan fingerprint density at radius 1 is 1.29 bits per heavy atom. The second-order valence-corrected chi connectivity index (χ2v) is 5.95. The van der Waals surface area contributed by atoms with Crippen LogP contribution in [0, 0.1) is 16.5 Å². The number of carbonyl (C=O) groups excluding carboxylic acids is 1. The molecule has 2 rings (SSSR count). The summed E-state index contributed by atoms with van der Waals surface area (Å²) in [5.74, 6) is -0.707. The number of nitriles is 1. The van der Waals surface area contributed by atoms with Crippen LogP contribution < -0.4 is 5.32 Å². The molecule has 2 aromatic carbocycles. The number of amides is 1. The number of thiocyanates is 1. The lowest BCUT2D eigenvalue weighted by Gasteiger charge is -2.07. The lowest BCUT2D eigenvalue weighted by Crippen LogP contribution is -2.15. The summed E-state index contributed by atoms with van der Waals surface area (Å²) in [6.45, 7) is 0. The monoisotopic (exact) mass is 364 g/mol. The van der Waals surface area contributed by atoms with Crippen LogP contribution in [0.4, 0.5) is 10.1 Å². The largest absolute Gasteiger partial charge is 0.326 e. The van der Waals surface area contributed by atoms with Crippen LogP contribution >= 0.6 is 27.7 Å². The van der Waals surface area contributed by atoms with Crippen molar-refractivity contribution in [1.82, 2.24) is 0 Å². The van der Waals surface area contributed by atoms with Gasteiger partial charge in [0.1, 0.15) is 11.2 Å². The number of benzene rings is 2. The molecule has 0 aromatic heterocycles. The van der Waals surface area contributed by atoms with Crippen molar-refractivity contribution >= 4 is 39.3 Å². The molecule has 6 heteroatoms. The summed E-state index contributed by atoms with van der Waals surface area (Å²) < 4.78 is 14.3. The highest BCUT2D eigenvalue weighted by Crippen LogP contribution is 2.20. The van der Waals surface area contributed by atoms with Gasteiger partial charge in [0.25, 0.3) is 0 Å². The summed E-state index contributed by atoms with van der Waals surface area (Å²) in [4.78, 5) is 12.7. The molecule has 0 fully saturated rings. The first kappa shape index (κ1) is 15.5. The first-order chi connectivity index (χ1) is 10.1. The molecule has 0 aliphatic carbocycles. The summed E-state index contributed by atoms with van der Waals surface area (Å²) >= 11 is 4.30. The molecule has 0 aliphatic heterocycles. The van der Waals surface area contributed by atoms with Gasteiger partial charge in [-0.25, -0.2) is 4.39 Å². The third kappa shape index (κ3) is 4.59. The van der Waals surface area contributed by atoms with Gasteiger partial charge in [0.15, 0.2) is 0 Å². The van der Waals surface area contributed by atoms with E-state index >= 15 is 0 Å². The molecule has 3 nitrogen and oxygen atoms in total. The van der Waals surface area contributed by atoms with Crippen LogP contribution in [0.1, 0.15) is 5.56 Å². The smallest absolute Gasteiger partial charge is 0.228 e. The standard InChI is InChI=1S/C15H10BrFN2OS/c16-11-1-6-14(17)10(7-11)8-15(20)19-12-2-4-13(5-3-12)21-9-18/h1-7H,8H2,(H,19,20). The van der Waals surface area contributed by atoms with Gasteiger partial charge < -0.3 is 5.32 Å². The van der Waals surface area contributed by atoms with Crippen molar-refractivity contribution in [2.45, 2.75) is 11.3 Å². The highest BCUT2D eigenvalue weighted by atomic mass is 79.9. The molecule has 0 aliphatic rings. The van der Waals surface area contributed by atoms with Gasteiger partial charge in [-0.05, 0) is 59.8 Å². The fourth-order valence-corrected chi connectivity index (χ4v) is 2.50. The Hall–Kier alpha value is -1.84. The van der Waals surface area contributed by atoms with E-state index in [4.69, 9.17) is 5.26 Å². The minimum atomic E-state index is -0.408. The Labute approximate surface area is 134 Å². The average Bonchev–Trinajstić information content (AvgIpc) is 2.45. The molecule has 0 atom stereocenters. The van der Waals surface area contributed by atoms with Crippen LogP contribution in [0.15, 0.2) is 51.8 Å². The molecule has 0 bridgehead atoms. The highest BCUT2D eigenvalue weighted by Gasteiger charge is 2.09. The Balaban J connectivity index is 2.01. The third-order valence-corrected chi connectivity index (χ3v) is 3.75. The molecule has 0 heterocycles. The van der Waals surface area contributed by atoms with Crippen LogP contribution in [-0.4, -0.2) is 5.91 Å². The topological polar surface area (TPSA) is 52.9 Å². The first-order valence-electron chi connectivity index (χ1n) is 5.98. The van der Waals surface area contributed by atoms with E-state index in [-0.39, 0.29) is 12.3 Å². The van der Waals surface area contributed by atoms with Crippen molar-refractivity contribution in [3.63, 3.8) is 0 Å². The van der Waals surface area contributed by atoms with Gasteiger partial charge >= 0.3 is 0 Å². The summed E-state index contributed by atoms with van der Waals surface area (Å²) in [6.07, 6.45) is -0.0417. The Kier molecular flexibility index (Phi) is 5.37. The molecule has 1 amide bonds. The number of carbonyl (C=O) groups is 1. The van der Waals surface area contributed by atoms with E-state index < -0.39 is 5.82 Å². The lowest BCUT2D eigenvalue weighted by molar-refractivity contribution is -0.115. The van der Waals surface area contributed by atoms with Crippen molar-refractivity contribution in [3.05, 3.63) is 58.3 Å². The Morgan fingerprint density at radius 3 is 2.67 bits per heavy atom. The number of anilines is 1. The Morgan fingerprint density at radius 2 is 2.00 bits per heavy atom. The maximum atomic E-state index is 13.6. The number of halogens is 2. The fraction of sp³-hybridized carbons (Fsp3) is 0.0667. The van der Waals surface area contributed by atoms with Crippen molar-refractivity contribution in [3.8, 4) is 5.40 Å². The van der Waals surface area contributed by atoms with Crippen molar-refractivity contribution in [2.24, 2.45) is 0 Å². The Bertz CT molecular complexity index is 698. The molecule has 0 saturated carbocycles. The van der Waals surface area contributed by atoms with Crippen LogP contribution in [0.5, 0.6) is 0 Å². The first-order valence-corrected chi connectivity index (χ1v) is 7.59. The zero-order valence-electron chi connectivity index (χ0n) is 10.8. The predicted octanol–water partition coefficient (Wildman–Crippen LogP) is 4.34. The number of rotatable bonds is 4. The normalized spacial score (nSPS) is 9.95. The van der Waals surface area contributed by atoms with Gasteiger partial charge in [-0.1, -0.05) is 15.9 Å². The molecular weight excluding hydrogens is 355 g/mol. The van der Waals surface area contributed by atoms with Crippen molar-refractivity contribution in [2.75, 3.05) is 5.32 Å². The van der Waals surface area contributed by atoms with Gasteiger partial charge in [-0.15, -0.1) is 0 Å². The zero-order chi connectivity index (χ0) is 15.2. The molecule has 0 spiro atoms. The molecule has 1 N–H and O–H groups in total. The summed E-state index contributed by atoms with van der Waals surface area (Å²) in [7, 11) is 0. The number of thioether (sulfide) groups is 1. The van der Waals surface area contributed by atoms with Crippen LogP contribution in [-0.2, 0) is 11.2 Å². The SMILES string of the molecule is N#CSc1ccc(NC(=O)Cc2cc(Br)ccc2F)cc1. The van der Waals surface area contributed by atoms with Crippen LogP contribution in [0.25, 0.3) is 0 Å². The third-order valence-electron chi connectivity index (χ3n) is 2.66. The van der Waals surface area contributed by atoms with E-state index in [0.29, 0.717) is 11.3 Å². The maximum absolute atomic E-state index is 13.6. The number of nitrogens with zero attached hydrogens (tertiary/aromatic N) is 1. The second-order valence-electron chi connectivity index (χ2n) is 4.18. The van der Waals surface area contributed by atoms with E-state index in [1.807, 2.05) is 5.40 Å². The summed E-state index contributed by atoms with van der Waals surface area (Å²) in [5.41, 5.74) is 0.941. The van der Waals surface area contributed by atoms with E-state index in [1.54, 1.807) is 36.4 Å². The number of nitrogens with one attached hydrogen (secondary N) is 1. The molecular formula is C15H10BrFN2OS. The maximum Gasteiger partial charge on any atom is 0.228 e. The van der Waals surface area contributed by atoms with E-state index in [0.717, 1.165) is 21.1 Å². The lowest BCUT2D eigenvalue weighted by atomic mass is 10.1. The van der Waals surface area contributed by atoms with Gasteiger partial charge in [0.05, 0.1) is 6.42 Å². The van der Waals surface area contributed by atoms with Crippen molar-refractivity contribution < 1.29 is 9.18 Å². The average molecular weight is 365 g/mol. The van der Waals surface area contributed by atoms with Crippen LogP contribution in [0.3, 0.4) is 0 Å². The minimum absolute atomic E-state index is 0.0417. The predicted molar refractivity (Wildman–Crippen MR) is 84.3 cm³/mol. The van der Waals surface area contributed by atoms with E-state index in [2.05, 4.69) is 21.2 Å². The van der Waals surface area contributed by atoms with Gasteiger partial charge in [-0.2, -0.15) is 5.26 Å². The number of hydrogen-bond acceptors (Lipinski definition) is 3. The molecule has 21 heavy (non-hydrogen) atoms. The molecule has 0 unspecified atom stereocenters. The quantitative estimate of drug-likeness (QED) is 0.648.